The van der Waals surface area contributed by atoms with Crippen molar-refractivity contribution in [1.29, 1.82) is 0 Å². The maximum absolute atomic E-state index is 9.00. The molecule has 0 fully saturated rings. The quantitative estimate of drug-likeness (QED) is 0.352. The number of hydrogen-bond donors (Lipinski definition) is 6. The summed E-state index contributed by atoms with van der Waals surface area (Å²) in [5.74, 6) is -2.50. The zero-order valence-electron chi connectivity index (χ0n) is 13.2. The van der Waals surface area contributed by atoms with Crippen molar-refractivity contribution in [2.45, 2.75) is 27.7 Å². The molecule has 0 saturated carbocycles. The Morgan fingerprint density at radius 1 is 0.810 bits per heavy atom. The van der Waals surface area contributed by atoms with Crippen LogP contribution in [0.2, 0.25) is 0 Å². The maximum atomic E-state index is 9.00. The molecule has 128 valence electrons. The number of nitrogens with two attached hydrogens (primary N) is 1. The molecule has 0 heterocycles. The van der Waals surface area contributed by atoms with Crippen LogP contribution in [0.15, 0.2) is 0 Å². The van der Waals surface area contributed by atoms with Gasteiger partial charge in [0.1, 0.15) is 0 Å². The molecule has 9 heteroatoms. The molecule has 9 nitrogen and oxygen atoms in total. The van der Waals surface area contributed by atoms with Crippen LogP contribution in [-0.2, 0) is 14.4 Å². The van der Waals surface area contributed by atoms with Crippen LogP contribution >= 0.6 is 0 Å². The fourth-order valence-electron chi connectivity index (χ4n) is 0.581. The summed E-state index contributed by atoms with van der Waals surface area (Å²) in [7, 11) is 0. The molecule has 0 aromatic heterocycles. The summed E-state index contributed by atoms with van der Waals surface area (Å²) in [5.41, 5.74) is 5.26. The molecule has 7 N–H and O–H groups in total. The van der Waals surface area contributed by atoms with Crippen molar-refractivity contribution in [3.63, 3.8) is 0 Å². The van der Waals surface area contributed by atoms with Gasteiger partial charge in [0.15, 0.2) is 0 Å². The number of carboxylic acids is 3. The van der Waals surface area contributed by atoms with Crippen molar-refractivity contribution in [1.82, 2.24) is 10.6 Å². The fourth-order valence-corrected chi connectivity index (χ4v) is 0.581. The molecule has 21 heavy (non-hydrogen) atoms. The number of likely N-dealkylation sites (N-methyl/N-ethyl adjacent to an activating group) is 1. The van der Waals surface area contributed by atoms with Gasteiger partial charge in [-0.15, -0.1) is 0 Å². The van der Waals surface area contributed by atoms with E-state index >= 15 is 0 Å². The lowest BCUT2D eigenvalue weighted by atomic mass is 10.5. The predicted molar refractivity (Wildman–Crippen MR) is 80.4 cm³/mol. The number of nitrogens with one attached hydrogen (secondary N) is 2. The average Bonchev–Trinajstić information content (AvgIpc) is 2.26. The van der Waals surface area contributed by atoms with E-state index < -0.39 is 17.9 Å². The minimum absolute atomic E-state index is 0.728. The highest BCUT2D eigenvalue weighted by molar-refractivity contribution is 5.63. The van der Waals surface area contributed by atoms with Crippen LogP contribution in [0.3, 0.4) is 0 Å². The minimum atomic E-state index is -0.833. The standard InChI is InChI=1S/C6H17N3.3C2H4O2/c1-2-8-5-6-9-4-3-7;3*1-2(3)4/h8-9H,2-7H2,1H3;3*1H3,(H,3,4). The van der Waals surface area contributed by atoms with Crippen molar-refractivity contribution in [2.75, 3.05) is 32.7 Å². The van der Waals surface area contributed by atoms with Gasteiger partial charge in [-0.3, -0.25) is 14.4 Å². The Morgan fingerprint density at radius 2 is 1.10 bits per heavy atom. The number of carboxylic acid groups (broad SMARTS) is 3. The molecule has 0 rings (SSSR count). The minimum Gasteiger partial charge on any atom is -0.481 e. The highest BCUT2D eigenvalue weighted by Crippen LogP contribution is 1.56. The van der Waals surface area contributed by atoms with Gasteiger partial charge in [-0.05, 0) is 6.54 Å². The summed E-state index contributed by atoms with van der Waals surface area (Å²) >= 11 is 0. The Labute approximate surface area is 125 Å². The molecule has 0 aromatic rings. The zero-order chi connectivity index (χ0) is 17.7. The van der Waals surface area contributed by atoms with E-state index in [4.69, 9.17) is 35.4 Å². The Hall–Kier alpha value is -1.71. The van der Waals surface area contributed by atoms with Crippen molar-refractivity contribution in [2.24, 2.45) is 5.73 Å². The molecular weight excluding hydrogens is 282 g/mol. The number of carbonyl (C=O) groups is 3. The summed E-state index contributed by atoms with van der Waals surface area (Å²) in [6.45, 7) is 10.1. The maximum Gasteiger partial charge on any atom is 0.300 e. The summed E-state index contributed by atoms with van der Waals surface area (Å²) < 4.78 is 0. The first-order valence-corrected chi connectivity index (χ1v) is 6.31. The van der Waals surface area contributed by atoms with Crippen LogP contribution in [-0.4, -0.2) is 66.0 Å². The van der Waals surface area contributed by atoms with E-state index in [1.807, 2.05) is 0 Å². The van der Waals surface area contributed by atoms with Gasteiger partial charge >= 0.3 is 0 Å². The molecule has 0 unspecified atom stereocenters. The van der Waals surface area contributed by atoms with Gasteiger partial charge in [-0.25, -0.2) is 0 Å². The van der Waals surface area contributed by atoms with E-state index in [2.05, 4.69) is 17.6 Å². The van der Waals surface area contributed by atoms with Crippen LogP contribution in [0.25, 0.3) is 0 Å². The molecule has 0 bridgehead atoms. The second-order valence-electron chi connectivity index (χ2n) is 3.45. The highest BCUT2D eigenvalue weighted by Gasteiger charge is 1.81. The third-order valence-electron chi connectivity index (χ3n) is 1.05. The molecule has 0 amide bonds. The number of rotatable bonds is 6. The van der Waals surface area contributed by atoms with Crippen LogP contribution < -0.4 is 16.4 Å². The Kier molecular flexibility index (Phi) is 35.2. The van der Waals surface area contributed by atoms with Crippen molar-refractivity contribution >= 4 is 17.9 Å². The smallest absolute Gasteiger partial charge is 0.300 e. The first kappa shape index (κ1) is 27.6. The van der Waals surface area contributed by atoms with Gasteiger partial charge in [0.05, 0.1) is 0 Å². The van der Waals surface area contributed by atoms with Crippen LogP contribution in [0, 0.1) is 0 Å². The zero-order valence-corrected chi connectivity index (χ0v) is 13.2. The topological polar surface area (TPSA) is 162 Å². The molecule has 0 aliphatic heterocycles. The first-order chi connectivity index (χ1) is 9.61. The largest absolute Gasteiger partial charge is 0.481 e. The summed E-state index contributed by atoms with van der Waals surface area (Å²) in [6.07, 6.45) is 0. The monoisotopic (exact) mass is 311 g/mol. The third-order valence-corrected chi connectivity index (χ3v) is 1.05. The lowest BCUT2D eigenvalue weighted by Crippen LogP contribution is -2.30. The lowest BCUT2D eigenvalue weighted by Gasteiger charge is -2.01. The Bertz CT molecular complexity index is 203. The summed E-state index contributed by atoms with van der Waals surface area (Å²) in [4.78, 5) is 27.0. The van der Waals surface area contributed by atoms with Gasteiger partial charge in [-0.1, -0.05) is 6.92 Å². The van der Waals surface area contributed by atoms with Gasteiger partial charge < -0.3 is 31.7 Å². The van der Waals surface area contributed by atoms with Gasteiger partial charge in [-0.2, -0.15) is 0 Å². The Balaban J connectivity index is -0.000000102. The molecule has 0 radical (unpaired) electrons. The SMILES string of the molecule is CC(=O)O.CC(=O)O.CC(=O)O.CCNCCNCCN. The van der Waals surface area contributed by atoms with E-state index in [1.54, 1.807) is 0 Å². The van der Waals surface area contributed by atoms with Crippen molar-refractivity contribution in [3.8, 4) is 0 Å². The van der Waals surface area contributed by atoms with E-state index in [0.29, 0.717) is 0 Å². The first-order valence-electron chi connectivity index (χ1n) is 6.31. The molecular formula is C12H29N3O6. The summed E-state index contributed by atoms with van der Waals surface area (Å²) in [5, 5.41) is 28.6. The predicted octanol–water partition coefficient (Wildman–Crippen LogP) is -0.583. The average molecular weight is 311 g/mol. The second kappa shape index (κ2) is 26.8. The van der Waals surface area contributed by atoms with Gasteiger partial charge in [0, 0.05) is 47.0 Å². The van der Waals surface area contributed by atoms with Crippen LogP contribution in [0.4, 0.5) is 0 Å². The van der Waals surface area contributed by atoms with E-state index in [9.17, 15) is 0 Å². The molecule has 0 aromatic carbocycles. The third kappa shape index (κ3) is 264. The molecule has 0 spiro atoms. The highest BCUT2D eigenvalue weighted by atomic mass is 16.4. The lowest BCUT2D eigenvalue weighted by molar-refractivity contribution is -0.135. The fraction of sp³-hybridized carbons (Fsp3) is 0.750. The second-order valence-corrected chi connectivity index (χ2v) is 3.45. The van der Waals surface area contributed by atoms with Crippen LogP contribution in [0.5, 0.6) is 0 Å². The Morgan fingerprint density at radius 3 is 1.33 bits per heavy atom. The number of hydrogen-bond acceptors (Lipinski definition) is 6. The van der Waals surface area contributed by atoms with Crippen LogP contribution in [0.1, 0.15) is 27.7 Å². The van der Waals surface area contributed by atoms with Gasteiger partial charge in [0.25, 0.3) is 17.9 Å². The van der Waals surface area contributed by atoms with Crippen molar-refractivity contribution in [3.05, 3.63) is 0 Å². The van der Waals surface area contributed by atoms with E-state index in [0.717, 1.165) is 53.5 Å². The van der Waals surface area contributed by atoms with E-state index in [1.165, 1.54) is 0 Å². The van der Waals surface area contributed by atoms with Crippen molar-refractivity contribution < 1.29 is 29.7 Å². The van der Waals surface area contributed by atoms with E-state index in [-0.39, 0.29) is 0 Å². The summed E-state index contributed by atoms with van der Waals surface area (Å²) in [6, 6.07) is 0. The normalized spacial score (nSPS) is 7.86. The number of aliphatic carboxylic acids is 3. The molecule has 0 aliphatic rings. The van der Waals surface area contributed by atoms with Gasteiger partial charge in [0.2, 0.25) is 0 Å². The molecule has 0 atom stereocenters. The molecule has 0 saturated heterocycles. The molecule has 0 aliphatic carbocycles.